The minimum atomic E-state index is -0.357. The Labute approximate surface area is 124 Å². The maximum absolute atomic E-state index is 10.3. The topological polar surface area (TPSA) is 37.2 Å². The van der Waals surface area contributed by atoms with Gasteiger partial charge in [0.15, 0.2) is 0 Å². The lowest BCUT2D eigenvalue weighted by atomic mass is 10.2. The van der Waals surface area contributed by atoms with Gasteiger partial charge in [-0.15, -0.1) is 0 Å². The van der Waals surface area contributed by atoms with Gasteiger partial charge in [0.05, 0.1) is 12.6 Å². The molecule has 1 atom stereocenters. The smallest absolute Gasteiger partial charge is 0.0843 e. The molecule has 0 spiro atoms. The third-order valence-electron chi connectivity index (χ3n) is 4.29. The maximum Gasteiger partial charge on any atom is 0.0843 e. The molecule has 4 rings (SSSR count). The Morgan fingerprint density at radius 3 is 2.14 bits per heavy atom. The summed E-state index contributed by atoms with van der Waals surface area (Å²) in [7, 11) is 0. The highest BCUT2D eigenvalue weighted by Gasteiger charge is 2.21. The summed E-state index contributed by atoms with van der Waals surface area (Å²) in [5.74, 6) is 0. The average molecular weight is 280 g/mol. The third-order valence-corrected chi connectivity index (χ3v) is 4.29. The van der Waals surface area contributed by atoms with Crippen molar-refractivity contribution in [1.29, 1.82) is 0 Å². The first-order chi connectivity index (χ1) is 10.3. The molecule has 1 aliphatic carbocycles. The van der Waals surface area contributed by atoms with E-state index in [0.717, 1.165) is 0 Å². The monoisotopic (exact) mass is 280 g/mol. The molecule has 0 bridgehead atoms. The van der Waals surface area contributed by atoms with Gasteiger partial charge in [-0.25, -0.2) is 0 Å². The van der Waals surface area contributed by atoms with Gasteiger partial charge in [0.2, 0.25) is 0 Å². The number of hydrogen-bond acceptors (Lipinski definition) is 2. The van der Waals surface area contributed by atoms with E-state index in [2.05, 4.69) is 58.4 Å². The molecule has 0 saturated heterocycles. The molecular weight excluding hydrogens is 260 g/mol. The predicted octanol–water partition coefficient (Wildman–Crippen LogP) is 2.91. The summed E-state index contributed by atoms with van der Waals surface area (Å²) in [5, 5.41) is 16.3. The van der Waals surface area contributed by atoms with E-state index in [-0.39, 0.29) is 6.10 Å². The van der Waals surface area contributed by atoms with Gasteiger partial charge in [0.1, 0.15) is 0 Å². The minimum absolute atomic E-state index is 0.357. The van der Waals surface area contributed by atoms with Gasteiger partial charge in [-0.2, -0.15) is 0 Å². The molecule has 2 N–H and O–H groups in total. The van der Waals surface area contributed by atoms with Crippen molar-refractivity contribution in [2.45, 2.75) is 31.5 Å². The normalized spacial score (nSPS) is 16.6. The summed E-state index contributed by atoms with van der Waals surface area (Å²) in [5.41, 5.74) is 2.40. The van der Waals surface area contributed by atoms with Gasteiger partial charge in [-0.3, -0.25) is 0 Å². The highest BCUT2D eigenvalue weighted by molar-refractivity contribution is 6.07. The van der Waals surface area contributed by atoms with Gasteiger partial charge < -0.3 is 15.0 Å². The molecule has 1 saturated carbocycles. The van der Waals surface area contributed by atoms with Crippen LogP contribution in [0.25, 0.3) is 21.8 Å². The molecule has 108 valence electrons. The maximum atomic E-state index is 10.3. The molecule has 1 heterocycles. The second-order valence-corrected chi connectivity index (χ2v) is 5.98. The first kappa shape index (κ1) is 12.9. The van der Waals surface area contributed by atoms with Gasteiger partial charge in [0, 0.05) is 34.4 Å². The van der Waals surface area contributed by atoms with Crippen molar-refractivity contribution in [2.24, 2.45) is 0 Å². The van der Waals surface area contributed by atoms with E-state index in [1.54, 1.807) is 0 Å². The summed E-state index contributed by atoms with van der Waals surface area (Å²) < 4.78 is 2.24. The van der Waals surface area contributed by atoms with E-state index in [0.29, 0.717) is 19.1 Å². The predicted molar refractivity (Wildman–Crippen MR) is 86.5 cm³/mol. The van der Waals surface area contributed by atoms with E-state index in [9.17, 15) is 5.11 Å². The molecule has 3 heteroatoms. The molecule has 21 heavy (non-hydrogen) atoms. The Kier molecular flexibility index (Phi) is 3.17. The molecule has 3 nitrogen and oxygen atoms in total. The summed E-state index contributed by atoms with van der Waals surface area (Å²) in [6.45, 7) is 1.30. The Balaban J connectivity index is 1.71. The molecule has 3 aromatic rings. The standard InChI is InChI=1S/C18H20N2O/c21-14(11-19-13-9-10-13)12-20-17-7-3-1-5-15(17)16-6-2-4-8-18(16)20/h1-8,13-14,19,21H,9-12H2/t14-/m1/s1. The summed E-state index contributed by atoms with van der Waals surface area (Å²) >= 11 is 0. The number of para-hydroxylation sites is 2. The third kappa shape index (κ3) is 2.43. The van der Waals surface area contributed by atoms with Gasteiger partial charge in [-0.05, 0) is 25.0 Å². The van der Waals surface area contributed by atoms with Crippen LogP contribution in [-0.2, 0) is 6.54 Å². The quantitative estimate of drug-likeness (QED) is 0.754. The number of hydrogen-bond donors (Lipinski definition) is 2. The van der Waals surface area contributed by atoms with Crippen molar-refractivity contribution in [3.63, 3.8) is 0 Å². The van der Waals surface area contributed by atoms with Crippen molar-refractivity contribution < 1.29 is 5.11 Å². The molecule has 1 aliphatic rings. The van der Waals surface area contributed by atoms with E-state index in [4.69, 9.17) is 0 Å². The van der Waals surface area contributed by atoms with E-state index in [1.165, 1.54) is 34.6 Å². The van der Waals surface area contributed by atoms with Crippen molar-refractivity contribution >= 4 is 21.8 Å². The fourth-order valence-corrected chi connectivity index (χ4v) is 3.07. The van der Waals surface area contributed by atoms with Crippen LogP contribution in [0.5, 0.6) is 0 Å². The molecular formula is C18H20N2O. The zero-order chi connectivity index (χ0) is 14.2. The van der Waals surface area contributed by atoms with Gasteiger partial charge in [0.25, 0.3) is 0 Å². The van der Waals surface area contributed by atoms with Gasteiger partial charge in [-0.1, -0.05) is 36.4 Å². The number of aliphatic hydroxyl groups is 1. The van der Waals surface area contributed by atoms with Crippen LogP contribution in [0.2, 0.25) is 0 Å². The number of nitrogens with one attached hydrogen (secondary N) is 1. The van der Waals surface area contributed by atoms with E-state index >= 15 is 0 Å². The van der Waals surface area contributed by atoms with Crippen molar-refractivity contribution in [1.82, 2.24) is 9.88 Å². The number of fused-ring (bicyclic) bond motifs is 3. The zero-order valence-electron chi connectivity index (χ0n) is 12.0. The Morgan fingerprint density at radius 1 is 1.00 bits per heavy atom. The second-order valence-electron chi connectivity index (χ2n) is 5.98. The Hall–Kier alpha value is -1.84. The largest absolute Gasteiger partial charge is 0.390 e. The van der Waals surface area contributed by atoms with Crippen LogP contribution in [0.15, 0.2) is 48.5 Å². The summed E-state index contributed by atoms with van der Waals surface area (Å²) in [4.78, 5) is 0. The van der Waals surface area contributed by atoms with Gasteiger partial charge >= 0.3 is 0 Å². The molecule has 0 aliphatic heterocycles. The first-order valence-electron chi connectivity index (χ1n) is 7.70. The van der Waals surface area contributed by atoms with Crippen LogP contribution in [0.4, 0.5) is 0 Å². The fourth-order valence-electron chi connectivity index (χ4n) is 3.07. The number of aliphatic hydroxyl groups excluding tert-OH is 1. The first-order valence-corrected chi connectivity index (χ1v) is 7.70. The zero-order valence-corrected chi connectivity index (χ0v) is 12.0. The highest BCUT2D eigenvalue weighted by Crippen LogP contribution is 2.28. The number of aromatic nitrogens is 1. The van der Waals surface area contributed by atoms with Crippen LogP contribution in [-0.4, -0.2) is 28.4 Å². The summed E-state index contributed by atoms with van der Waals surface area (Å²) in [6, 6.07) is 17.5. The van der Waals surface area contributed by atoms with Crippen molar-refractivity contribution in [3.8, 4) is 0 Å². The summed E-state index contributed by atoms with van der Waals surface area (Å²) in [6.07, 6.45) is 2.15. The second kappa shape index (κ2) is 5.17. The fraction of sp³-hybridized carbons (Fsp3) is 0.333. The number of benzene rings is 2. The molecule has 2 aromatic carbocycles. The molecule has 0 amide bonds. The molecule has 1 aromatic heterocycles. The van der Waals surface area contributed by atoms with Crippen LogP contribution >= 0.6 is 0 Å². The Bertz CT molecular complexity index is 720. The van der Waals surface area contributed by atoms with Crippen LogP contribution in [0, 0.1) is 0 Å². The van der Waals surface area contributed by atoms with Crippen molar-refractivity contribution in [3.05, 3.63) is 48.5 Å². The minimum Gasteiger partial charge on any atom is -0.390 e. The molecule has 1 fully saturated rings. The lowest BCUT2D eigenvalue weighted by Gasteiger charge is -2.14. The SMILES string of the molecule is O[C@H](CNC1CC1)Cn1c2ccccc2c2ccccc21. The Morgan fingerprint density at radius 2 is 1.57 bits per heavy atom. The van der Waals surface area contributed by atoms with Crippen molar-refractivity contribution in [2.75, 3.05) is 6.54 Å². The van der Waals surface area contributed by atoms with E-state index in [1.807, 2.05) is 0 Å². The van der Waals surface area contributed by atoms with Crippen LogP contribution in [0.3, 0.4) is 0 Å². The molecule has 0 unspecified atom stereocenters. The highest BCUT2D eigenvalue weighted by atomic mass is 16.3. The number of rotatable bonds is 5. The molecule has 0 radical (unpaired) electrons. The lowest BCUT2D eigenvalue weighted by Crippen LogP contribution is -2.31. The number of nitrogens with zero attached hydrogens (tertiary/aromatic N) is 1. The van der Waals surface area contributed by atoms with Crippen LogP contribution < -0.4 is 5.32 Å². The average Bonchev–Trinajstić information content (AvgIpc) is 3.30. The van der Waals surface area contributed by atoms with E-state index < -0.39 is 0 Å². The lowest BCUT2D eigenvalue weighted by molar-refractivity contribution is 0.154. The van der Waals surface area contributed by atoms with Crippen LogP contribution in [0.1, 0.15) is 12.8 Å².